The molecule has 1 aromatic carbocycles. The second-order valence-electron chi connectivity index (χ2n) is 4.62. The normalized spacial score (nSPS) is 11.7. The third kappa shape index (κ3) is 6.22. The van der Waals surface area contributed by atoms with Crippen LogP contribution in [0.2, 0.25) is 10.0 Å². The highest BCUT2D eigenvalue weighted by molar-refractivity contribution is 7.88. The Kier molecular flexibility index (Phi) is 6.93. The zero-order valence-corrected chi connectivity index (χ0v) is 14.2. The van der Waals surface area contributed by atoms with E-state index in [0.717, 1.165) is 17.0 Å². The summed E-state index contributed by atoms with van der Waals surface area (Å²) in [6.45, 7) is 2.03. The van der Waals surface area contributed by atoms with Crippen LogP contribution in [0.3, 0.4) is 0 Å². The molecule has 0 aromatic heterocycles. The van der Waals surface area contributed by atoms with Crippen molar-refractivity contribution in [3.63, 3.8) is 0 Å². The minimum Gasteiger partial charge on any atom is -0.324 e. The molecular formula is C13H18Cl2N2O3S. The fourth-order valence-corrected chi connectivity index (χ4v) is 2.91. The van der Waals surface area contributed by atoms with Crippen LogP contribution in [0, 0.1) is 0 Å². The van der Waals surface area contributed by atoms with Gasteiger partial charge in [0.05, 0.1) is 23.5 Å². The number of nitrogens with zero attached hydrogens (tertiary/aromatic N) is 1. The molecule has 0 saturated carbocycles. The van der Waals surface area contributed by atoms with Crippen LogP contribution in [-0.2, 0) is 14.8 Å². The van der Waals surface area contributed by atoms with Gasteiger partial charge in [-0.2, -0.15) is 4.31 Å². The molecule has 0 saturated heterocycles. The molecule has 0 heterocycles. The largest absolute Gasteiger partial charge is 0.324 e. The lowest BCUT2D eigenvalue weighted by molar-refractivity contribution is -0.116. The summed E-state index contributed by atoms with van der Waals surface area (Å²) in [5.41, 5.74) is 0.398. The predicted octanol–water partition coefficient (Wildman–Crippen LogP) is 2.99. The van der Waals surface area contributed by atoms with E-state index in [0.29, 0.717) is 28.7 Å². The third-order valence-electron chi connectivity index (χ3n) is 2.76. The van der Waals surface area contributed by atoms with Crippen molar-refractivity contribution in [1.29, 1.82) is 0 Å². The molecule has 118 valence electrons. The average Bonchev–Trinajstić information content (AvgIpc) is 2.36. The van der Waals surface area contributed by atoms with Crippen LogP contribution in [0.25, 0.3) is 0 Å². The van der Waals surface area contributed by atoms with Crippen LogP contribution >= 0.6 is 23.2 Å². The fraction of sp³-hybridized carbons (Fsp3) is 0.462. The Bertz CT molecular complexity index is 605. The van der Waals surface area contributed by atoms with E-state index < -0.39 is 15.9 Å². The summed E-state index contributed by atoms with van der Waals surface area (Å²) in [4.78, 5) is 12.0. The van der Waals surface area contributed by atoms with Gasteiger partial charge in [0.1, 0.15) is 0 Å². The van der Waals surface area contributed by atoms with E-state index >= 15 is 0 Å². The third-order valence-corrected chi connectivity index (χ3v) is 4.55. The molecule has 0 aliphatic carbocycles. The van der Waals surface area contributed by atoms with E-state index in [1.807, 2.05) is 6.92 Å². The molecule has 0 spiro atoms. The van der Waals surface area contributed by atoms with Crippen LogP contribution < -0.4 is 5.32 Å². The van der Waals surface area contributed by atoms with E-state index in [1.165, 1.54) is 6.07 Å². The van der Waals surface area contributed by atoms with Crippen molar-refractivity contribution >= 4 is 44.8 Å². The molecule has 8 heteroatoms. The Morgan fingerprint density at radius 3 is 2.52 bits per heavy atom. The quantitative estimate of drug-likeness (QED) is 0.820. The van der Waals surface area contributed by atoms with Crippen LogP contribution in [0.15, 0.2) is 18.2 Å². The maximum absolute atomic E-state index is 12.0. The molecule has 0 radical (unpaired) electrons. The van der Waals surface area contributed by atoms with Gasteiger partial charge in [-0.15, -0.1) is 0 Å². The lowest BCUT2D eigenvalue weighted by atomic mass is 10.3. The number of hydrogen-bond acceptors (Lipinski definition) is 3. The van der Waals surface area contributed by atoms with Gasteiger partial charge < -0.3 is 5.32 Å². The van der Waals surface area contributed by atoms with E-state index in [9.17, 15) is 13.2 Å². The summed E-state index contributed by atoms with van der Waals surface area (Å²) in [5.74, 6) is -0.444. The molecule has 1 amide bonds. The first-order valence-electron chi connectivity index (χ1n) is 6.44. The average molecular weight is 353 g/mol. The number of unbranched alkanes of at least 4 members (excludes halogenated alkanes) is 1. The Morgan fingerprint density at radius 1 is 1.33 bits per heavy atom. The fourth-order valence-electron chi connectivity index (χ4n) is 1.64. The number of benzene rings is 1. The molecule has 0 bridgehead atoms. The molecular weight excluding hydrogens is 335 g/mol. The molecule has 1 aromatic rings. The van der Waals surface area contributed by atoms with Gasteiger partial charge >= 0.3 is 0 Å². The minimum atomic E-state index is -3.42. The van der Waals surface area contributed by atoms with E-state index in [-0.39, 0.29) is 6.54 Å². The van der Waals surface area contributed by atoms with Gasteiger partial charge in [0.15, 0.2) is 0 Å². The van der Waals surface area contributed by atoms with Crippen molar-refractivity contribution in [2.24, 2.45) is 0 Å². The van der Waals surface area contributed by atoms with Crippen molar-refractivity contribution in [3.8, 4) is 0 Å². The first-order chi connectivity index (χ1) is 9.74. The molecule has 1 N–H and O–H groups in total. The summed E-state index contributed by atoms with van der Waals surface area (Å²) >= 11 is 11.7. The first-order valence-corrected chi connectivity index (χ1v) is 9.04. The Morgan fingerprint density at radius 2 is 2.00 bits per heavy atom. The van der Waals surface area contributed by atoms with Crippen molar-refractivity contribution < 1.29 is 13.2 Å². The zero-order chi connectivity index (χ0) is 16.0. The van der Waals surface area contributed by atoms with E-state index in [4.69, 9.17) is 23.2 Å². The molecule has 0 unspecified atom stereocenters. The molecule has 0 atom stereocenters. The van der Waals surface area contributed by atoms with Gasteiger partial charge in [0, 0.05) is 11.6 Å². The van der Waals surface area contributed by atoms with Crippen LogP contribution in [0.4, 0.5) is 5.69 Å². The highest BCUT2D eigenvalue weighted by atomic mass is 35.5. The smallest absolute Gasteiger partial charge is 0.239 e. The van der Waals surface area contributed by atoms with Crippen molar-refractivity contribution in [2.45, 2.75) is 19.8 Å². The first kappa shape index (κ1) is 18.2. The Hall–Kier alpha value is -0.820. The second kappa shape index (κ2) is 7.98. The maximum atomic E-state index is 12.0. The van der Waals surface area contributed by atoms with Crippen LogP contribution in [-0.4, -0.2) is 38.0 Å². The summed E-state index contributed by atoms with van der Waals surface area (Å²) in [6.07, 6.45) is 2.63. The number of anilines is 1. The SMILES string of the molecule is CCCCN(CC(=O)Nc1ccc(Cl)cc1Cl)S(C)(=O)=O. The Labute approximate surface area is 135 Å². The van der Waals surface area contributed by atoms with Gasteiger partial charge in [0.2, 0.25) is 15.9 Å². The number of carbonyl (C=O) groups is 1. The number of nitrogens with one attached hydrogen (secondary N) is 1. The standard InChI is InChI=1S/C13H18Cl2N2O3S/c1-3-4-7-17(21(2,19)20)9-13(18)16-12-6-5-10(14)8-11(12)15/h5-6,8H,3-4,7,9H2,1-2H3,(H,16,18). The molecule has 0 fully saturated rings. The number of sulfonamides is 1. The number of hydrogen-bond donors (Lipinski definition) is 1. The number of halogens is 2. The Balaban J connectivity index is 2.74. The number of amides is 1. The van der Waals surface area contributed by atoms with Crippen LogP contribution in [0.1, 0.15) is 19.8 Å². The van der Waals surface area contributed by atoms with Gasteiger partial charge in [-0.05, 0) is 24.6 Å². The molecule has 0 aliphatic rings. The molecule has 0 aliphatic heterocycles. The topological polar surface area (TPSA) is 66.5 Å². The maximum Gasteiger partial charge on any atom is 0.239 e. The zero-order valence-electron chi connectivity index (χ0n) is 11.9. The van der Waals surface area contributed by atoms with Gasteiger partial charge in [-0.25, -0.2) is 8.42 Å². The van der Waals surface area contributed by atoms with Crippen LogP contribution in [0.5, 0.6) is 0 Å². The summed E-state index contributed by atoms with van der Waals surface area (Å²) in [6, 6.07) is 4.66. The number of carbonyl (C=O) groups excluding carboxylic acids is 1. The molecule has 21 heavy (non-hydrogen) atoms. The predicted molar refractivity (Wildman–Crippen MR) is 86.4 cm³/mol. The van der Waals surface area contributed by atoms with Gasteiger partial charge in [-0.3, -0.25) is 4.79 Å². The van der Waals surface area contributed by atoms with Gasteiger partial charge in [0.25, 0.3) is 0 Å². The summed E-state index contributed by atoms with van der Waals surface area (Å²) in [7, 11) is -3.42. The molecule has 1 rings (SSSR count). The van der Waals surface area contributed by atoms with Crippen molar-refractivity contribution in [2.75, 3.05) is 24.7 Å². The van der Waals surface area contributed by atoms with E-state index in [1.54, 1.807) is 12.1 Å². The second-order valence-corrected chi connectivity index (χ2v) is 7.45. The summed E-state index contributed by atoms with van der Waals surface area (Å²) < 4.78 is 24.4. The summed E-state index contributed by atoms with van der Waals surface area (Å²) in [5, 5.41) is 3.34. The minimum absolute atomic E-state index is 0.238. The highest BCUT2D eigenvalue weighted by Gasteiger charge is 2.19. The molecule has 5 nitrogen and oxygen atoms in total. The van der Waals surface area contributed by atoms with Gasteiger partial charge in [-0.1, -0.05) is 36.5 Å². The lowest BCUT2D eigenvalue weighted by Crippen LogP contribution is -2.38. The monoisotopic (exact) mass is 352 g/mol. The highest BCUT2D eigenvalue weighted by Crippen LogP contribution is 2.25. The van der Waals surface area contributed by atoms with E-state index in [2.05, 4.69) is 5.32 Å². The number of rotatable bonds is 7. The van der Waals surface area contributed by atoms with Crippen molar-refractivity contribution in [1.82, 2.24) is 4.31 Å². The lowest BCUT2D eigenvalue weighted by Gasteiger charge is -2.19. The van der Waals surface area contributed by atoms with Crippen molar-refractivity contribution in [3.05, 3.63) is 28.2 Å².